The minimum atomic E-state index is -0.891. The Kier molecular flexibility index (Phi) is 2.79. The maximum absolute atomic E-state index is 10.4. The van der Waals surface area contributed by atoms with Crippen LogP contribution in [-0.4, -0.2) is 16.9 Å². The number of hydrogen-bond acceptors (Lipinski definition) is 3. The molecule has 1 amide bonds. The van der Waals surface area contributed by atoms with Crippen molar-refractivity contribution in [3.63, 3.8) is 0 Å². The van der Waals surface area contributed by atoms with Crippen molar-refractivity contribution < 1.29 is 9.72 Å². The lowest BCUT2D eigenvalue weighted by Gasteiger charge is -2.07. The first kappa shape index (κ1) is 8.87. The summed E-state index contributed by atoms with van der Waals surface area (Å²) in [4.78, 5) is 19.9. The molecule has 0 aliphatic carbocycles. The van der Waals surface area contributed by atoms with Gasteiger partial charge in [-0.15, -0.1) is 0 Å². The van der Waals surface area contributed by atoms with Gasteiger partial charge in [0.05, 0.1) is 0 Å². The Morgan fingerprint density at radius 2 is 2.00 bits per heavy atom. The van der Waals surface area contributed by atoms with Crippen LogP contribution in [-0.2, 0) is 4.79 Å². The molecule has 2 N–H and O–H groups in total. The fraction of sp³-hybridized carbons (Fsp3) is 0.800. The topological polar surface area (TPSA) is 86.2 Å². The van der Waals surface area contributed by atoms with Crippen LogP contribution in [0.5, 0.6) is 0 Å². The Morgan fingerprint density at radius 3 is 2.10 bits per heavy atom. The Hall–Kier alpha value is -1.13. The van der Waals surface area contributed by atoms with E-state index in [1.165, 1.54) is 13.8 Å². The van der Waals surface area contributed by atoms with Crippen LogP contribution < -0.4 is 5.73 Å². The first-order chi connectivity index (χ1) is 4.46. The molecule has 0 aromatic heterocycles. The zero-order valence-corrected chi connectivity index (χ0v) is 5.90. The molecule has 0 saturated heterocycles. The molecule has 0 bridgehead atoms. The number of nitrogens with two attached hydrogens (primary N) is 1. The number of primary amides is 1. The molecule has 0 fully saturated rings. The zero-order chi connectivity index (χ0) is 8.31. The Bertz CT molecular complexity index is 139. The Labute approximate surface area is 58.4 Å². The molecule has 2 atom stereocenters. The van der Waals surface area contributed by atoms with Crippen LogP contribution in [0.1, 0.15) is 13.8 Å². The molecule has 0 aromatic rings. The van der Waals surface area contributed by atoms with Gasteiger partial charge in [0.2, 0.25) is 11.9 Å². The van der Waals surface area contributed by atoms with Gasteiger partial charge in [0.15, 0.2) is 0 Å². The summed E-state index contributed by atoms with van der Waals surface area (Å²) in [5.41, 5.74) is 4.83. The van der Waals surface area contributed by atoms with Crippen LogP contribution in [0.15, 0.2) is 0 Å². The molecule has 0 heterocycles. The summed E-state index contributed by atoms with van der Waals surface area (Å²) in [6, 6.07) is -0.891. The summed E-state index contributed by atoms with van der Waals surface area (Å²) in [5, 5.41) is 10.0. The molecular formula is C5H10N2O3. The third kappa shape index (κ3) is 2.00. The third-order valence-electron chi connectivity index (χ3n) is 1.50. The Morgan fingerprint density at radius 1 is 1.60 bits per heavy atom. The van der Waals surface area contributed by atoms with Gasteiger partial charge >= 0.3 is 0 Å². The van der Waals surface area contributed by atoms with E-state index in [1.54, 1.807) is 0 Å². The molecule has 0 aromatic carbocycles. The fourth-order valence-electron chi connectivity index (χ4n) is 0.420. The van der Waals surface area contributed by atoms with Crippen molar-refractivity contribution in [2.75, 3.05) is 0 Å². The molecule has 10 heavy (non-hydrogen) atoms. The number of rotatable bonds is 3. The molecule has 0 aliphatic heterocycles. The van der Waals surface area contributed by atoms with E-state index >= 15 is 0 Å². The molecular weight excluding hydrogens is 136 g/mol. The summed E-state index contributed by atoms with van der Waals surface area (Å²) in [5.74, 6) is -1.33. The van der Waals surface area contributed by atoms with Crippen molar-refractivity contribution >= 4 is 5.91 Å². The highest BCUT2D eigenvalue weighted by Gasteiger charge is 2.26. The number of carbonyl (C=O) groups excluding carboxylic acids is 1. The molecule has 0 rings (SSSR count). The largest absolute Gasteiger partial charge is 0.369 e. The summed E-state index contributed by atoms with van der Waals surface area (Å²) in [7, 11) is 0. The normalized spacial score (nSPS) is 15.8. The standard InChI is InChI=1S/C5H10N2O3/c1-3(5(6)8)4(2)7(9)10/h3-4H,1-2H3,(H2,6,8). The number of amides is 1. The van der Waals surface area contributed by atoms with Crippen LogP contribution in [0.25, 0.3) is 0 Å². The lowest BCUT2D eigenvalue weighted by atomic mass is 10.0. The van der Waals surface area contributed by atoms with Crippen molar-refractivity contribution in [3.8, 4) is 0 Å². The van der Waals surface area contributed by atoms with Gasteiger partial charge in [0.1, 0.15) is 5.92 Å². The number of nitrogens with zero attached hydrogens (tertiary/aromatic N) is 1. The van der Waals surface area contributed by atoms with Crippen LogP contribution in [0.2, 0.25) is 0 Å². The van der Waals surface area contributed by atoms with Gasteiger partial charge in [-0.05, 0) is 6.92 Å². The van der Waals surface area contributed by atoms with E-state index in [-0.39, 0.29) is 0 Å². The van der Waals surface area contributed by atoms with Crippen LogP contribution in [0.4, 0.5) is 0 Å². The fourth-order valence-corrected chi connectivity index (χ4v) is 0.420. The number of nitro groups is 1. The predicted molar refractivity (Wildman–Crippen MR) is 34.8 cm³/mol. The predicted octanol–water partition coefficient (Wildman–Crippen LogP) is -0.227. The SMILES string of the molecule is CC(C(N)=O)C(C)[N+](=O)[O-]. The highest BCUT2D eigenvalue weighted by Crippen LogP contribution is 2.03. The highest BCUT2D eigenvalue weighted by molar-refractivity contribution is 5.76. The summed E-state index contributed by atoms with van der Waals surface area (Å²) >= 11 is 0. The smallest absolute Gasteiger partial charge is 0.227 e. The second-order valence-electron chi connectivity index (χ2n) is 2.22. The van der Waals surface area contributed by atoms with E-state index in [0.29, 0.717) is 0 Å². The number of carbonyl (C=O) groups is 1. The van der Waals surface area contributed by atoms with E-state index in [9.17, 15) is 14.9 Å². The van der Waals surface area contributed by atoms with Gasteiger partial charge in [-0.3, -0.25) is 14.9 Å². The molecule has 2 unspecified atom stereocenters. The van der Waals surface area contributed by atoms with Crippen molar-refractivity contribution in [2.45, 2.75) is 19.9 Å². The van der Waals surface area contributed by atoms with E-state index < -0.39 is 22.8 Å². The average Bonchev–Trinajstić information content (AvgIpc) is 1.84. The maximum Gasteiger partial charge on any atom is 0.227 e. The quantitative estimate of drug-likeness (QED) is 0.440. The molecule has 58 valence electrons. The van der Waals surface area contributed by atoms with E-state index in [0.717, 1.165) is 0 Å². The highest BCUT2D eigenvalue weighted by atomic mass is 16.6. The summed E-state index contributed by atoms with van der Waals surface area (Å²) < 4.78 is 0. The second kappa shape index (κ2) is 3.14. The monoisotopic (exact) mass is 146 g/mol. The summed E-state index contributed by atoms with van der Waals surface area (Å²) in [6.45, 7) is 2.80. The van der Waals surface area contributed by atoms with Crippen molar-refractivity contribution in [2.24, 2.45) is 11.7 Å². The third-order valence-corrected chi connectivity index (χ3v) is 1.50. The van der Waals surface area contributed by atoms with Crippen molar-refractivity contribution in [3.05, 3.63) is 10.1 Å². The van der Waals surface area contributed by atoms with Gasteiger partial charge in [-0.25, -0.2) is 0 Å². The van der Waals surface area contributed by atoms with Gasteiger partial charge < -0.3 is 5.73 Å². The minimum absolute atomic E-state index is 0.518. The Balaban J connectivity index is 4.07. The van der Waals surface area contributed by atoms with Gasteiger partial charge in [-0.2, -0.15) is 0 Å². The first-order valence-electron chi connectivity index (χ1n) is 2.89. The molecule has 5 nitrogen and oxygen atoms in total. The lowest BCUT2D eigenvalue weighted by molar-refractivity contribution is -0.523. The van der Waals surface area contributed by atoms with Gasteiger partial charge in [0.25, 0.3) is 0 Å². The molecule has 5 heteroatoms. The van der Waals surface area contributed by atoms with Crippen LogP contribution in [0, 0.1) is 16.0 Å². The molecule has 0 spiro atoms. The molecule has 0 saturated carbocycles. The van der Waals surface area contributed by atoms with E-state index in [2.05, 4.69) is 0 Å². The summed E-state index contributed by atoms with van der Waals surface area (Å²) in [6.07, 6.45) is 0. The van der Waals surface area contributed by atoms with E-state index in [1.807, 2.05) is 0 Å². The average molecular weight is 146 g/mol. The van der Waals surface area contributed by atoms with Crippen LogP contribution in [0.3, 0.4) is 0 Å². The van der Waals surface area contributed by atoms with Crippen molar-refractivity contribution in [1.29, 1.82) is 0 Å². The second-order valence-corrected chi connectivity index (χ2v) is 2.22. The van der Waals surface area contributed by atoms with Gasteiger partial charge in [0, 0.05) is 11.8 Å². The molecule has 0 radical (unpaired) electrons. The first-order valence-corrected chi connectivity index (χ1v) is 2.89. The maximum atomic E-state index is 10.4. The van der Waals surface area contributed by atoms with Crippen LogP contribution >= 0.6 is 0 Å². The number of hydrogen-bond donors (Lipinski definition) is 1. The molecule has 0 aliphatic rings. The van der Waals surface area contributed by atoms with Crippen molar-refractivity contribution in [1.82, 2.24) is 0 Å². The van der Waals surface area contributed by atoms with E-state index in [4.69, 9.17) is 5.73 Å². The van der Waals surface area contributed by atoms with Gasteiger partial charge in [-0.1, -0.05) is 0 Å². The lowest BCUT2D eigenvalue weighted by Crippen LogP contribution is -2.34. The minimum Gasteiger partial charge on any atom is -0.369 e. The zero-order valence-electron chi connectivity index (χ0n) is 5.90.